The Hall–Kier alpha value is -8.60. The fraction of sp³-hybridized carbons (Fsp3) is 0.231. The maximum atomic E-state index is 6.93. The summed E-state index contributed by atoms with van der Waals surface area (Å²) in [5.74, 6) is 2.79. The third kappa shape index (κ3) is 12.3. The molecule has 1 N–H and O–H groups in total. The van der Waals surface area contributed by atoms with Crippen molar-refractivity contribution >= 4 is 64.6 Å². The summed E-state index contributed by atoms with van der Waals surface area (Å²) in [6.07, 6.45) is 0.760. The summed E-state index contributed by atoms with van der Waals surface area (Å²) in [4.78, 5) is 10.6. The molecule has 0 aromatic heterocycles. The molecule has 0 aliphatic carbocycles. The molecule has 86 heavy (non-hydrogen) atoms. The van der Waals surface area contributed by atoms with Gasteiger partial charge < -0.3 is 19.5 Å². The van der Waals surface area contributed by atoms with Crippen LogP contribution in [0.1, 0.15) is 39.4 Å². The third-order valence-corrected chi connectivity index (χ3v) is 18.1. The number of rotatable bonds is 5. The lowest BCUT2D eigenvalue weighted by molar-refractivity contribution is 0.147. The average molecular weight is 1130 g/mol. The van der Waals surface area contributed by atoms with Crippen LogP contribution in [0.3, 0.4) is 0 Å². The maximum absolute atomic E-state index is 6.93. The number of fused-ring (bicyclic) bond motifs is 22. The second-order valence-corrected chi connectivity index (χ2v) is 23.5. The van der Waals surface area contributed by atoms with Crippen LogP contribution in [0, 0.1) is 0 Å². The first kappa shape index (κ1) is 55.3. The molecule has 3 aliphatic heterocycles. The highest BCUT2D eigenvalue weighted by molar-refractivity contribution is 6.04. The molecule has 8 nitrogen and oxygen atoms in total. The Morgan fingerprint density at radius 2 is 0.651 bits per heavy atom. The molecule has 0 saturated heterocycles. The first-order valence-electron chi connectivity index (χ1n) is 31.1. The van der Waals surface area contributed by atoms with Crippen LogP contribution < -0.4 is 19.5 Å². The van der Waals surface area contributed by atoms with Gasteiger partial charge in [0, 0.05) is 102 Å². The Kier molecular flexibility index (Phi) is 16.7. The van der Waals surface area contributed by atoms with E-state index in [1.54, 1.807) is 0 Å². The minimum absolute atomic E-state index is 0.0214. The lowest BCUT2D eigenvalue weighted by Crippen LogP contribution is -2.42. The Labute approximate surface area is 505 Å². The molecule has 0 amide bonds. The van der Waals surface area contributed by atoms with E-state index in [1.165, 1.54) is 98.0 Å². The molecule has 0 radical (unpaired) electrons. The zero-order chi connectivity index (χ0) is 57.4. The van der Waals surface area contributed by atoms with Crippen LogP contribution in [0.15, 0.2) is 237 Å². The van der Waals surface area contributed by atoms with Gasteiger partial charge in [0.15, 0.2) is 0 Å². The summed E-state index contributed by atoms with van der Waals surface area (Å²) >= 11 is 0. The van der Waals surface area contributed by atoms with E-state index in [0.717, 1.165) is 89.1 Å². The zero-order valence-corrected chi connectivity index (χ0v) is 49.1. The SMILES string of the molecule is c1ccc2c(c1)CC(c1c3ccccc3cc3ccccc13)NCCN1CCN(Cc3c4ccccc4cc4ccccc34)Cc3ccccc3OCCN(CCO2)CCOc2ccccc2CN(Cc2c3ccccc3cc3ccccc23)CC1. The lowest BCUT2D eigenvalue weighted by atomic mass is 9.89. The number of ether oxygens (including phenoxy) is 3. The number of hydrogen-bond acceptors (Lipinski definition) is 8. The second kappa shape index (κ2) is 25.9. The molecule has 0 spiro atoms. The first-order chi connectivity index (χ1) is 42.6. The fourth-order valence-corrected chi connectivity index (χ4v) is 13.7. The quantitative estimate of drug-likeness (QED) is 0.171. The number of nitrogens with zero attached hydrogens (tertiary/aromatic N) is 4. The Balaban J connectivity index is 0.899. The molecular formula is C78H75N5O3. The molecule has 12 aromatic carbocycles. The van der Waals surface area contributed by atoms with E-state index in [2.05, 4.69) is 262 Å². The molecule has 430 valence electrons. The van der Waals surface area contributed by atoms with E-state index in [1.807, 2.05) is 0 Å². The van der Waals surface area contributed by atoms with E-state index in [0.29, 0.717) is 39.5 Å². The Morgan fingerprint density at radius 1 is 0.326 bits per heavy atom. The van der Waals surface area contributed by atoms with E-state index in [-0.39, 0.29) is 6.04 Å². The molecule has 3 aliphatic rings. The zero-order valence-electron chi connectivity index (χ0n) is 49.1. The molecule has 1 unspecified atom stereocenters. The third-order valence-electron chi connectivity index (χ3n) is 18.1. The van der Waals surface area contributed by atoms with Crippen molar-refractivity contribution in [3.8, 4) is 17.2 Å². The summed E-state index contributed by atoms with van der Waals surface area (Å²) in [5, 5.41) is 19.7. The molecular weight excluding hydrogens is 1050 g/mol. The monoisotopic (exact) mass is 1130 g/mol. The minimum Gasteiger partial charge on any atom is -0.492 e. The van der Waals surface area contributed by atoms with E-state index < -0.39 is 0 Å². The van der Waals surface area contributed by atoms with Crippen LogP contribution in [0.2, 0.25) is 0 Å². The largest absolute Gasteiger partial charge is 0.492 e. The number of para-hydroxylation sites is 3. The van der Waals surface area contributed by atoms with Crippen molar-refractivity contribution in [1.29, 1.82) is 0 Å². The molecule has 3 heterocycles. The molecule has 1 atom stereocenters. The van der Waals surface area contributed by atoms with Gasteiger partial charge in [0.05, 0.1) is 0 Å². The first-order valence-corrected chi connectivity index (χ1v) is 31.1. The normalized spacial score (nSPS) is 18.3. The van der Waals surface area contributed by atoms with Crippen molar-refractivity contribution in [2.45, 2.75) is 38.6 Å². The van der Waals surface area contributed by atoms with E-state index in [4.69, 9.17) is 14.2 Å². The van der Waals surface area contributed by atoms with Crippen LogP contribution in [0.4, 0.5) is 0 Å². The molecule has 15 rings (SSSR count). The molecule has 8 heteroatoms. The van der Waals surface area contributed by atoms with Crippen molar-refractivity contribution in [2.75, 3.05) is 78.7 Å². The summed E-state index contributed by atoms with van der Waals surface area (Å²) in [6.45, 7) is 11.7. The summed E-state index contributed by atoms with van der Waals surface area (Å²) < 4.78 is 20.8. The highest BCUT2D eigenvalue weighted by Gasteiger charge is 2.24. The Bertz CT molecular complexity index is 3990. The summed E-state index contributed by atoms with van der Waals surface area (Å²) in [5.41, 5.74) is 7.63. The predicted octanol–water partition coefficient (Wildman–Crippen LogP) is 15.7. The van der Waals surface area contributed by atoms with Crippen LogP contribution >= 0.6 is 0 Å². The van der Waals surface area contributed by atoms with E-state index in [9.17, 15) is 0 Å². The highest BCUT2D eigenvalue weighted by atomic mass is 16.5. The number of hydrogen-bond donors (Lipinski definition) is 1. The minimum atomic E-state index is -0.0214. The smallest absolute Gasteiger partial charge is 0.123 e. The van der Waals surface area contributed by atoms with Gasteiger partial charge in [-0.25, -0.2) is 0 Å². The van der Waals surface area contributed by atoms with Gasteiger partial charge in [-0.15, -0.1) is 0 Å². The van der Waals surface area contributed by atoms with Gasteiger partial charge in [-0.05, 0) is 130 Å². The van der Waals surface area contributed by atoms with Crippen molar-refractivity contribution in [2.24, 2.45) is 0 Å². The van der Waals surface area contributed by atoms with Gasteiger partial charge in [-0.2, -0.15) is 0 Å². The van der Waals surface area contributed by atoms with Gasteiger partial charge in [-0.3, -0.25) is 19.6 Å². The maximum Gasteiger partial charge on any atom is 0.123 e. The van der Waals surface area contributed by atoms with Crippen LogP contribution in [-0.4, -0.2) is 98.3 Å². The highest BCUT2D eigenvalue weighted by Crippen LogP contribution is 2.37. The van der Waals surface area contributed by atoms with Gasteiger partial charge in [0.2, 0.25) is 0 Å². The lowest BCUT2D eigenvalue weighted by Gasteiger charge is -2.32. The predicted molar refractivity (Wildman–Crippen MR) is 356 cm³/mol. The molecule has 0 saturated carbocycles. The summed E-state index contributed by atoms with van der Waals surface area (Å²) in [6, 6.07) is 86.9. The van der Waals surface area contributed by atoms with Gasteiger partial charge in [0.1, 0.15) is 37.1 Å². The number of nitrogens with one attached hydrogen (secondary N) is 1. The Morgan fingerprint density at radius 3 is 1.07 bits per heavy atom. The molecule has 0 fully saturated rings. The van der Waals surface area contributed by atoms with Crippen LogP contribution in [0.5, 0.6) is 17.2 Å². The fourth-order valence-electron chi connectivity index (χ4n) is 13.7. The number of benzene rings is 12. The summed E-state index contributed by atoms with van der Waals surface area (Å²) in [7, 11) is 0. The van der Waals surface area contributed by atoms with Crippen molar-refractivity contribution in [1.82, 2.24) is 24.9 Å². The van der Waals surface area contributed by atoms with Crippen LogP contribution in [0.25, 0.3) is 64.6 Å². The van der Waals surface area contributed by atoms with E-state index >= 15 is 0 Å². The van der Waals surface area contributed by atoms with Gasteiger partial charge >= 0.3 is 0 Å². The topological polar surface area (TPSA) is 52.7 Å². The van der Waals surface area contributed by atoms with Crippen molar-refractivity contribution < 1.29 is 14.2 Å². The van der Waals surface area contributed by atoms with Crippen molar-refractivity contribution in [3.63, 3.8) is 0 Å². The van der Waals surface area contributed by atoms with Gasteiger partial charge in [-0.1, -0.05) is 200 Å². The molecule has 2 bridgehead atoms. The van der Waals surface area contributed by atoms with Crippen molar-refractivity contribution in [3.05, 3.63) is 270 Å². The second-order valence-electron chi connectivity index (χ2n) is 23.5. The standard InChI is InChI=1S/C78H75N5O3/c1-10-28-66-57(19-1)49-58-20-2-11-29-67(58)72(66)55-82-41-39-80-38-37-79-74(78-70-32-14-5-23-61(70)51-62-24-6-15-33-71(62)78)52-63-25-7-16-34-75(63)84-46-43-81(44-47-85-76-35-17-8-26-64(76)53-82)45-48-86-77-36-18-9-27-65(77)54-83(42-40-80)56-73-68-30-12-3-21-59(68)50-60-22-4-13-31-69(60)73/h1-36,49-51,74,79H,37-48,52-56H2. The van der Waals surface area contributed by atoms with Crippen LogP contribution in [-0.2, 0) is 32.6 Å². The van der Waals surface area contributed by atoms with Gasteiger partial charge in [0.25, 0.3) is 0 Å². The average Bonchev–Trinajstić information content (AvgIpc) is 1.84. The molecule has 12 aromatic rings.